The van der Waals surface area contributed by atoms with Crippen LogP contribution >= 0.6 is 0 Å². The number of ether oxygens (including phenoxy) is 11. The summed E-state index contributed by atoms with van der Waals surface area (Å²) in [6.07, 6.45) is -3.21. The van der Waals surface area contributed by atoms with Crippen molar-refractivity contribution in [2.24, 2.45) is 17.8 Å². The molecule has 0 aromatic heterocycles. The molecule has 0 N–H and O–H groups in total. The number of unbranched alkanes of at least 4 members (excludes halogenated alkanes) is 1. The summed E-state index contributed by atoms with van der Waals surface area (Å²) in [5.41, 5.74) is -0.0335. The first kappa shape index (κ1) is 62.7. The molecule has 0 amide bonds. The molecule has 0 radical (unpaired) electrons. The average Bonchev–Trinajstić information content (AvgIpc) is 3.66. The highest BCUT2D eigenvalue weighted by atomic mass is 16.8. The van der Waals surface area contributed by atoms with Gasteiger partial charge in [-0.1, -0.05) is 64.4 Å². The summed E-state index contributed by atoms with van der Waals surface area (Å²) in [6.45, 7) is 18.1. The van der Waals surface area contributed by atoms with Gasteiger partial charge in [0, 0.05) is 87.5 Å². The van der Waals surface area contributed by atoms with Gasteiger partial charge in [0.05, 0.1) is 30.6 Å². The zero-order valence-electron chi connectivity index (χ0n) is 47.2. The lowest BCUT2D eigenvalue weighted by Crippen LogP contribution is -2.70. The molecule has 3 aliphatic heterocycles. The van der Waals surface area contributed by atoms with Gasteiger partial charge in [-0.25, -0.2) is 10.0 Å². The molecular formula is C55H91N3O16. The molecule has 0 unspecified atom stereocenters. The summed E-state index contributed by atoms with van der Waals surface area (Å²) in [4.78, 5) is 67.6. The highest BCUT2D eigenvalue weighted by Crippen LogP contribution is 2.50. The van der Waals surface area contributed by atoms with Gasteiger partial charge in [0.1, 0.15) is 18.3 Å². The molecular weight excluding hydrogens is 959 g/mol. The van der Waals surface area contributed by atoms with E-state index in [-0.39, 0.29) is 38.0 Å². The van der Waals surface area contributed by atoms with Crippen LogP contribution < -0.4 is 0 Å². The summed E-state index contributed by atoms with van der Waals surface area (Å²) in [5, 5.41) is 4.76. The van der Waals surface area contributed by atoms with E-state index in [4.69, 9.17) is 52.1 Å². The van der Waals surface area contributed by atoms with Gasteiger partial charge in [0.15, 0.2) is 30.4 Å². The van der Waals surface area contributed by atoms with Crippen LogP contribution in [0, 0.1) is 17.8 Å². The maximum Gasteiger partial charge on any atom is 0.312 e. The summed E-state index contributed by atoms with van der Waals surface area (Å²) in [5.74, 6) is -6.32. The molecule has 0 spiro atoms. The minimum Gasteiger partial charge on any atom is -0.458 e. The molecule has 3 aliphatic rings. The van der Waals surface area contributed by atoms with E-state index < -0.39 is 114 Å². The number of hydrogen-bond donors (Lipinski definition) is 0. The fraction of sp³-hybridized carbons (Fsp3) is 0.800. The zero-order valence-corrected chi connectivity index (χ0v) is 47.2. The number of rotatable bonds is 30. The van der Waals surface area contributed by atoms with Crippen LogP contribution in [-0.4, -0.2) is 180 Å². The van der Waals surface area contributed by atoms with Gasteiger partial charge >= 0.3 is 29.8 Å². The second-order valence-corrected chi connectivity index (χ2v) is 20.8. The first-order chi connectivity index (χ1) is 35.1. The molecule has 1 aromatic rings. The van der Waals surface area contributed by atoms with Crippen molar-refractivity contribution in [1.29, 1.82) is 0 Å². The Labute approximate surface area is 441 Å². The number of likely N-dealkylation sites (N-methyl/N-ethyl adjacent to an activating group) is 1. The van der Waals surface area contributed by atoms with E-state index >= 15 is 0 Å². The molecule has 3 fully saturated rings. The SMILES string of the molecule is CCCCN(CC[C@H](C)C[C@H](CC(OC)OC)[C@@H]([C@@H]1O[C@H](C)[C@@H](O[C@@H]2C[C@@](C)(OC(C)=O)[C@@H](OC(=O)CC)[C@H](C)O2)[C@H](N(C)C)[C@H]1OC(C)=O)[C@]1(OC)OC(=O)C[C@H]1OC(=O)CC)N(C)CCCc1ccccc1. The van der Waals surface area contributed by atoms with Gasteiger partial charge < -0.3 is 57.0 Å². The van der Waals surface area contributed by atoms with Gasteiger partial charge in [0.2, 0.25) is 0 Å². The highest BCUT2D eigenvalue weighted by molar-refractivity contribution is 5.75. The molecule has 19 nitrogen and oxygen atoms in total. The first-order valence-corrected chi connectivity index (χ1v) is 26.8. The molecule has 422 valence electrons. The van der Waals surface area contributed by atoms with E-state index in [1.54, 1.807) is 41.9 Å². The predicted octanol–water partition coefficient (Wildman–Crippen LogP) is 6.65. The Balaban J connectivity index is 1.82. The third kappa shape index (κ3) is 16.9. The van der Waals surface area contributed by atoms with Crippen LogP contribution in [0.25, 0.3) is 0 Å². The van der Waals surface area contributed by atoms with Gasteiger partial charge in [0.25, 0.3) is 5.79 Å². The molecule has 4 rings (SSSR count). The van der Waals surface area contributed by atoms with Crippen LogP contribution in [-0.2, 0) is 82.5 Å². The van der Waals surface area contributed by atoms with Crippen LogP contribution in [0.15, 0.2) is 30.3 Å². The lowest BCUT2D eigenvalue weighted by atomic mass is 9.69. The molecule has 19 heteroatoms. The number of hydrogen-bond acceptors (Lipinski definition) is 19. The van der Waals surface area contributed by atoms with E-state index in [1.165, 1.54) is 26.5 Å². The van der Waals surface area contributed by atoms with Crippen molar-refractivity contribution in [2.45, 2.75) is 206 Å². The molecule has 3 heterocycles. The number of esters is 5. The molecule has 0 aliphatic carbocycles. The zero-order chi connectivity index (χ0) is 54.9. The van der Waals surface area contributed by atoms with Crippen molar-refractivity contribution in [1.82, 2.24) is 14.9 Å². The van der Waals surface area contributed by atoms with Gasteiger partial charge in [-0.05, 0) is 84.4 Å². The van der Waals surface area contributed by atoms with E-state index in [0.29, 0.717) is 6.42 Å². The number of nitrogens with zero attached hydrogens (tertiary/aromatic N) is 3. The lowest BCUT2D eigenvalue weighted by Gasteiger charge is -2.54. The van der Waals surface area contributed by atoms with Crippen LogP contribution in [0.2, 0.25) is 0 Å². The summed E-state index contributed by atoms with van der Waals surface area (Å²) in [6, 6.07) is 9.74. The maximum absolute atomic E-state index is 13.8. The summed E-state index contributed by atoms with van der Waals surface area (Å²) >= 11 is 0. The van der Waals surface area contributed by atoms with E-state index in [0.717, 1.165) is 51.7 Å². The largest absolute Gasteiger partial charge is 0.458 e. The fourth-order valence-corrected chi connectivity index (χ4v) is 11.3. The summed E-state index contributed by atoms with van der Waals surface area (Å²) in [7, 11) is 10.3. The fourth-order valence-electron chi connectivity index (χ4n) is 11.3. The van der Waals surface area contributed by atoms with Crippen LogP contribution in [0.1, 0.15) is 132 Å². The number of benzene rings is 1. The van der Waals surface area contributed by atoms with Crippen LogP contribution in [0.3, 0.4) is 0 Å². The van der Waals surface area contributed by atoms with Crippen molar-refractivity contribution in [3.63, 3.8) is 0 Å². The molecule has 3 saturated heterocycles. The molecule has 1 aromatic carbocycles. The van der Waals surface area contributed by atoms with Gasteiger partial charge in [-0.3, -0.25) is 24.0 Å². The molecule has 0 saturated carbocycles. The van der Waals surface area contributed by atoms with Crippen LogP contribution in [0.5, 0.6) is 0 Å². The third-order valence-electron chi connectivity index (χ3n) is 14.9. The quantitative estimate of drug-likeness (QED) is 0.0343. The monoisotopic (exact) mass is 1050 g/mol. The highest BCUT2D eigenvalue weighted by Gasteiger charge is 2.66. The smallest absolute Gasteiger partial charge is 0.312 e. The van der Waals surface area contributed by atoms with E-state index in [1.807, 2.05) is 32.0 Å². The van der Waals surface area contributed by atoms with Crippen molar-refractivity contribution in [3.8, 4) is 0 Å². The number of carbonyl (C=O) groups is 5. The second-order valence-electron chi connectivity index (χ2n) is 20.8. The topological polar surface area (TPSA) is 197 Å². The number of carbonyl (C=O) groups excluding carboxylic acids is 5. The molecule has 74 heavy (non-hydrogen) atoms. The van der Waals surface area contributed by atoms with Crippen molar-refractivity contribution < 1.29 is 76.1 Å². The Morgan fingerprint density at radius 2 is 1.47 bits per heavy atom. The number of cyclic esters (lactones) is 1. The Morgan fingerprint density at radius 1 is 0.811 bits per heavy atom. The standard InChI is InChI=1S/C55H91N3O16/c1-16-19-29-58(57(12)28-23-26-40-24-21-20-22-25-40)30-27-35(4)31-41(32-46(64-13)65-14)48(55(66-15)42(33-45(63)74-55)70-43(61)17-2)51-52(69-38(7)59)49(56(10)11)50(36(5)68-51)72-47-34-54(9,73-39(8)60)53(37(6)67-47)71-44(62)18-3/h20-22,24-25,35-37,41-42,46-53H,16-19,23,26-34H2,1-15H3/t35-,36+,37-,41+,42+,47+,48-,49-,50+,51-,52+,53-,54+,55+/m0/s1. The van der Waals surface area contributed by atoms with E-state index in [2.05, 4.69) is 55.2 Å². The summed E-state index contributed by atoms with van der Waals surface area (Å²) < 4.78 is 69.3. The van der Waals surface area contributed by atoms with E-state index in [9.17, 15) is 24.0 Å². The lowest BCUT2D eigenvalue weighted by molar-refractivity contribution is -0.337. The maximum atomic E-state index is 13.8. The first-order valence-electron chi connectivity index (χ1n) is 26.8. The minimum absolute atomic E-state index is 0.0197. The minimum atomic E-state index is -1.95. The Kier molecular flexibility index (Phi) is 25.1. The Bertz CT molecular complexity index is 1910. The number of hydrazine groups is 1. The number of aryl methyl sites for hydroxylation is 1. The van der Waals surface area contributed by atoms with Gasteiger partial charge in [-0.15, -0.1) is 0 Å². The number of methoxy groups -OCH3 is 3. The van der Waals surface area contributed by atoms with Crippen molar-refractivity contribution in [2.75, 3.05) is 62.1 Å². The molecule has 0 bridgehead atoms. The second kappa shape index (κ2) is 29.7. The molecule has 14 atom stereocenters. The third-order valence-corrected chi connectivity index (χ3v) is 14.9. The van der Waals surface area contributed by atoms with Crippen LogP contribution in [0.4, 0.5) is 0 Å². The predicted molar refractivity (Wildman–Crippen MR) is 274 cm³/mol. The Morgan fingerprint density at radius 3 is 2.05 bits per heavy atom. The average molecular weight is 1050 g/mol. The van der Waals surface area contributed by atoms with Gasteiger partial charge in [-0.2, -0.15) is 0 Å². The van der Waals surface area contributed by atoms with Crippen molar-refractivity contribution in [3.05, 3.63) is 35.9 Å². The normalized spacial score (nSPS) is 29.5. The Hall–Kier alpha value is -3.79. The van der Waals surface area contributed by atoms with Crippen molar-refractivity contribution >= 4 is 29.8 Å².